The van der Waals surface area contributed by atoms with Crippen molar-refractivity contribution < 1.29 is 18.7 Å². The van der Waals surface area contributed by atoms with Crippen LogP contribution in [-0.2, 0) is 4.74 Å². The lowest BCUT2D eigenvalue weighted by Crippen LogP contribution is -2.28. The first-order valence-corrected chi connectivity index (χ1v) is 9.86. The molecule has 0 bridgehead atoms. The van der Waals surface area contributed by atoms with Crippen LogP contribution in [0.3, 0.4) is 0 Å². The molecule has 8 heteroatoms. The van der Waals surface area contributed by atoms with Crippen molar-refractivity contribution in [3.05, 3.63) is 57.3 Å². The number of amides is 2. The maximum atomic E-state index is 12.7. The van der Waals surface area contributed by atoms with Gasteiger partial charge >= 0.3 is 5.63 Å². The zero-order chi connectivity index (χ0) is 20.4. The molecule has 2 fully saturated rings. The Morgan fingerprint density at radius 1 is 1.21 bits per heavy atom. The highest BCUT2D eigenvalue weighted by molar-refractivity contribution is 6.05. The van der Waals surface area contributed by atoms with Crippen molar-refractivity contribution >= 4 is 17.6 Å². The van der Waals surface area contributed by atoms with Crippen molar-refractivity contribution in [2.75, 3.05) is 25.0 Å². The molecular formula is C21H23N3O5. The summed E-state index contributed by atoms with van der Waals surface area (Å²) >= 11 is 0. The van der Waals surface area contributed by atoms with Gasteiger partial charge in [0.25, 0.3) is 11.8 Å². The van der Waals surface area contributed by atoms with E-state index in [-0.39, 0.29) is 23.4 Å². The van der Waals surface area contributed by atoms with E-state index in [1.54, 1.807) is 24.0 Å². The summed E-state index contributed by atoms with van der Waals surface area (Å²) in [5, 5.41) is 2.60. The van der Waals surface area contributed by atoms with Crippen LogP contribution < -0.4 is 10.9 Å². The number of likely N-dealkylation sites (tertiary alicyclic amines) is 1. The summed E-state index contributed by atoms with van der Waals surface area (Å²) < 4.78 is 10.9. The molecule has 152 valence electrons. The lowest BCUT2D eigenvalue weighted by molar-refractivity contribution is 0.0792. The molecule has 2 aliphatic heterocycles. The summed E-state index contributed by atoms with van der Waals surface area (Å²) in [6.07, 6.45) is 4.92. The lowest BCUT2D eigenvalue weighted by atomic mass is 10.1. The van der Waals surface area contributed by atoms with E-state index in [0.717, 1.165) is 38.8 Å². The zero-order valence-electron chi connectivity index (χ0n) is 16.3. The molecule has 4 heterocycles. The maximum Gasteiger partial charge on any atom is 0.349 e. The Hall–Kier alpha value is -3.00. The SMILES string of the molecule is Cc1cc(C2CCCO2)oc(=O)c1C(=O)Nc1cc(C(=O)N2CCCC2)ccn1. The van der Waals surface area contributed by atoms with Gasteiger partial charge in [-0.1, -0.05) is 0 Å². The molecule has 2 aromatic rings. The van der Waals surface area contributed by atoms with Crippen LogP contribution in [0.15, 0.2) is 33.6 Å². The quantitative estimate of drug-likeness (QED) is 0.851. The highest BCUT2D eigenvalue weighted by Gasteiger charge is 2.25. The summed E-state index contributed by atoms with van der Waals surface area (Å²) in [5.41, 5.74) is 0.172. The Kier molecular flexibility index (Phi) is 5.44. The first kappa shape index (κ1) is 19.3. The fourth-order valence-corrected chi connectivity index (χ4v) is 3.78. The second-order valence-corrected chi connectivity index (χ2v) is 7.38. The van der Waals surface area contributed by atoms with E-state index in [9.17, 15) is 14.4 Å². The van der Waals surface area contributed by atoms with Gasteiger partial charge in [0.2, 0.25) is 0 Å². The lowest BCUT2D eigenvalue weighted by Gasteiger charge is -2.15. The van der Waals surface area contributed by atoms with Gasteiger partial charge in [-0.15, -0.1) is 0 Å². The van der Waals surface area contributed by atoms with E-state index in [1.165, 1.54) is 12.3 Å². The van der Waals surface area contributed by atoms with Gasteiger partial charge in [-0.2, -0.15) is 0 Å². The Balaban J connectivity index is 1.53. The number of carbonyl (C=O) groups is 2. The van der Waals surface area contributed by atoms with E-state index in [2.05, 4.69) is 10.3 Å². The molecule has 0 saturated carbocycles. The molecule has 2 saturated heterocycles. The number of ether oxygens (including phenoxy) is 1. The van der Waals surface area contributed by atoms with Crippen LogP contribution in [0.1, 0.15) is 63.8 Å². The molecule has 2 amide bonds. The Morgan fingerprint density at radius 2 is 2.00 bits per heavy atom. The Labute approximate surface area is 167 Å². The van der Waals surface area contributed by atoms with Gasteiger partial charge in [-0.25, -0.2) is 9.78 Å². The topological polar surface area (TPSA) is 102 Å². The highest BCUT2D eigenvalue weighted by atomic mass is 16.5. The van der Waals surface area contributed by atoms with Gasteiger partial charge in [0.15, 0.2) is 0 Å². The third-order valence-electron chi connectivity index (χ3n) is 5.28. The van der Waals surface area contributed by atoms with Gasteiger partial charge in [-0.3, -0.25) is 9.59 Å². The van der Waals surface area contributed by atoms with Gasteiger partial charge < -0.3 is 19.4 Å². The van der Waals surface area contributed by atoms with Crippen molar-refractivity contribution in [2.24, 2.45) is 0 Å². The van der Waals surface area contributed by atoms with Crippen LogP contribution in [0.4, 0.5) is 5.82 Å². The average Bonchev–Trinajstić information content (AvgIpc) is 3.41. The van der Waals surface area contributed by atoms with Gasteiger partial charge in [0.05, 0.1) is 0 Å². The van der Waals surface area contributed by atoms with Crippen molar-refractivity contribution in [2.45, 2.75) is 38.7 Å². The van der Waals surface area contributed by atoms with Crippen molar-refractivity contribution in [3.63, 3.8) is 0 Å². The highest BCUT2D eigenvalue weighted by Crippen LogP contribution is 2.28. The normalized spacial score (nSPS) is 18.8. The number of nitrogens with zero attached hydrogens (tertiary/aromatic N) is 2. The largest absolute Gasteiger partial charge is 0.424 e. The standard InChI is InChI=1S/C21H23N3O5/c1-13-11-16(15-5-4-10-28-15)29-21(27)18(13)19(25)23-17-12-14(6-7-22-17)20(26)24-8-2-3-9-24/h6-7,11-12,15H,2-5,8-10H2,1H3,(H,22,23,25). The monoisotopic (exact) mass is 397 g/mol. The van der Waals surface area contributed by atoms with E-state index >= 15 is 0 Å². The number of aromatic nitrogens is 1. The number of hydrogen-bond acceptors (Lipinski definition) is 6. The van der Waals surface area contributed by atoms with Gasteiger partial charge in [0.1, 0.15) is 23.2 Å². The van der Waals surface area contributed by atoms with Crippen molar-refractivity contribution in [1.82, 2.24) is 9.88 Å². The maximum absolute atomic E-state index is 12.7. The van der Waals surface area contributed by atoms with E-state index < -0.39 is 11.5 Å². The van der Waals surface area contributed by atoms with Crippen LogP contribution in [0.2, 0.25) is 0 Å². The van der Waals surface area contributed by atoms with E-state index in [4.69, 9.17) is 9.15 Å². The summed E-state index contributed by atoms with van der Waals surface area (Å²) in [4.78, 5) is 43.5. The van der Waals surface area contributed by atoms with Crippen LogP contribution in [-0.4, -0.2) is 41.4 Å². The molecule has 8 nitrogen and oxygen atoms in total. The molecule has 2 aliphatic rings. The number of anilines is 1. The average molecular weight is 397 g/mol. The first-order chi connectivity index (χ1) is 14.0. The van der Waals surface area contributed by atoms with Crippen molar-refractivity contribution in [3.8, 4) is 0 Å². The summed E-state index contributed by atoms with van der Waals surface area (Å²) in [6, 6.07) is 4.82. The molecule has 0 aliphatic carbocycles. The molecule has 0 radical (unpaired) electrons. The number of rotatable bonds is 4. The predicted molar refractivity (Wildman–Crippen MR) is 105 cm³/mol. The molecule has 1 unspecified atom stereocenters. The zero-order valence-corrected chi connectivity index (χ0v) is 16.3. The van der Waals surface area contributed by atoms with Gasteiger partial charge in [0, 0.05) is 31.5 Å². The van der Waals surface area contributed by atoms with Crippen LogP contribution in [0, 0.1) is 6.92 Å². The van der Waals surface area contributed by atoms with Crippen molar-refractivity contribution in [1.29, 1.82) is 0 Å². The fraction of sp³-hybridized carbons (Fsp3) is 0.429. The summed E-state index contributed by atoms with van der Waals surface area (Å²) in [6.45, 7) is 3.79. The van der Waals surface area contributed by atoms with E-state index in [0.29, 0.717) is 23.5 Å². The second-order valence-electron chi connectivity index (χ2n) is 7.38. The predicted octanol–water partition coefficient (Wildman–Crippen LogP) is 2.68. The minimum atomic E-state index is -0.711. The van der Waals surface area contributed by atoms with E-state index in [1.807, 2.05) is 0 Å². The third-order valence-corrected chi connectivity index (χ3v) is 5.28. The number of hydrogen-bond donors (Lipinski definition) is 1. The minimum absolute atomic E-state index is 0.0789. The van der Waals surface area contributed by atoms with Crippen LogP contribution in [0.25, 0.3) is 0 Å². The Bertz CT molecular complexity index is 988. The van der Waals surface area contributed by atoms with Crippen LogP contribution >= 0.6 is 0 Å². The number of aryl methyl sites for hydroxylation is 1. The second kappa shape index (κ2) is 8.16. The van der Waals surface area contributed by atoms with Gasteiger partial charge in [-0.05, 0) is 56.4 Å². The first-order valence-electron chi connectivity index (χ1n) is 9.86. The number of carbonyl (C=O) groups excluding carboxylic acids is 2. The third kappa shape index (κ3) is 4.07. The minimum Gasteiger partial charge on any atom is -0.424 e. The fourth-order valence-electron chi connectivity index (χ4n) is 3.78. The molecule has 1 atom stereocenters. The smallest absolute Gasteiger partial charge is 0.349 e. The molecule has 0 aromatic carbocycles. The summed E-state index contributed by atoms with van der Waals surface area (Å²) in [5.74, 6) is -0.0506. The molecule has 2 aromatic heterocycles. The Morgan fingerprint density at radius 3 is 2.69 bits per heavy atom. The molecule has 1 N–H and O–H groups in total. The molecule has 0 spiro atoms. The molecule has 29 heavy (non-hydrogen) atoms. The number of nitrogens with one attached hydrogen (secondary N) is 1. The molecular weight excluding hydrogens is 374 g/mol. The van der Waals surface area contributed by atoms with Crippen LogP contribution in [0.5, 0.6) is 0 Å². The summed E-state index contributed by atoms with van der Waals surface area (Å²) in [7, 11) is 0. The number of pyridine rings is 1. The molecule has 4 rings (SSSR count).